The summed E-state index contributed by atoms with van der Waals surface area (Å²) in [5.41, 5.74) is 4.61. The first-order valence-electron chi connectivity index (χ1n) is 9.38. The van der Waals surface area contributed by atoms with Crippen molar-refractivity contribution in [3.05, 3.63) is 65.2 Å². The molecule has 4 heteroatoms. The predicted molar refractivity (Wildman–Crippen MR) is 108 cm³/mol. The van der Waals surface area contributed by atoms with Gasteiger partial charge in [-0.2, -0.15) is 0 Å². The van der Waals surface area contributed by atoms with E-state index in [1.807, 2.05) is 43.3 Å². The fraction of sp³-hybridized carbons (Fsp3) is 0.409. The Kier molecular flexibility index (Phi) is 5.94. The molecule has 1 aliphatic rings. The molecule has 4 nitrogen and oxygen atoms in total. The standard InChI is InChI=1S/C22H29N3O/c1-17-7-4-5-10-21(17)19-11-13-25(16-19)14-12-23-22(26)18-8-6-9-20(15-18)24(2)3/h4-10,15,19H,11-14,16H2,1-3H3,(H,23,26)/t19-/m0/s1. The van der Waals surface area contributed by atoms with Gasteiger partial charge in [-0.3, -0.25) is 4.79 Å². The lowest BCUT2D eigenvalue weighted by Crippen LogP contribution is -2.33. The molecule has 1 saturated heterocycles. The number of anilines is 1. The van der Waals surface area contributed by atoms with Crippen molar-refractivity contribution in [2.24, 2.45) is 0 Å². The first-order chi connectivity index (χ1) is 12.5. The highest BCUT2D eigenvalue weighted by Crippen LogP contribution is 2.28. The van der Waals surface area contributed by atoms with Crippen molar-refractivity contribution in [1.82, 2.24) is 10.2 Å². The summed E-state index contributed by atoms with van der Waals surface area (Å²) in [7, 11) is 3.96. The van der Waals surface area contributed by atoms with Crippen molar-refractivity contribution >= 4 is 11.6 Å². The number of rotatable bonds is 6. The van der Waals surface area contributed by atoms with Crippen molar-refractivity contribution in [3.8, 4) is 0 Å². The number of nitrogens with zero attached hydrogens (tertiary/aromatic N) is 2. The molecule has 0 aliphatic carbocycles. The molecule has 2 aromatic carbocycles. The molecule has 1 atom stereocenters. The van der Waals surface area contributed by atoms with E-state index in [0.29, 0.717) is 12.5 Å². The molecular weight excluding hydrogens is 322 g/mol. The summed E-state index contributed by atoms with van der Waals surface area (Å²) >= 11 is 0. The highest BCUT2D eigenvalue weighted by atomic mass is 16.1. The van der Waals surface area contributed by atoms with Gasteiger partial charge in [-0.25, -0.2) is 0 Å². The lowest BCUT2D eigenvalue weighted by Gasteiger charge is -2.18. The average Bonchev–Trinajstić information content (AvgIpc) is 3.10. The molecule has 0 aromatic heterocycles. The molecule has 0 spiro atoms. The van der Waals surface area contributed by atoms with E-state index in [0.717, 1.165) is 30.9 Å². The Balaban J connectivity index is 1.48. The third-order valence-corrected chi connectivity index (χ3v) is 5.24. The van der Waals surface area contributed by atoms with E-state index in [1.165, 1.54) is 17.5 Å². The van der Waals surface area contributed by atoms with Crippen LogP contribution >= 0.6 is 0 Å². The predicted octanol–water partition coefficient (Wildman–Crippen LogP) is 3.28. The first-order valence-corrected chi connectivity index (χ1v) is 9.38. The second-order valence-corrected chi connectivity index (χ2v) is 7.34. The molecule has 1 fully saturated rings. The summed E-state index contributed by atoms with van der Waals surface area (Å²) in [4.78, 5) is 16.8. The van der Waals surface area contributed by atoms with Crippen molar-refractivity contribution in [2.75, 3.05) is 45.2 Å². The maximum absolute atomic E-state index is 12.4. The molecule has 1 heterocycles. The number of aryl methyl sites for hydroxylation is 1. The van der Waals surface area contributed by atoms with E-state index in [4.69, 9.17) is 0 Å². The summed E-state index contributed by atoms with van der Waals surface area (Å²) in [6.07, 6.45) is 1.20. The summed E-state index contributed by atoms with van der Waals surface area (Å²) < 4.78 is 0. The zero-order chi connectivity index (χ0) is 18.5. The highest BCUT2D eigenvalue weighted by Gasteiger charge is 2.24. The average molecular weight is 351 g/mol. The SMILES string of the molecule is Cc1ccccc1[C@H]1CCN(CCNC(=O)c2cccc(N(C)C)c2)C1. The number of hydrogen-bond donors (Lipinski definition) is 1. The molecule has 0 unspecified atom stereocenters. The molecule has 1 N–H and O–H groups in total. The van der Waals surface area contributed by atoms with Crippen LogP contribution < -0.4 is 10.2 Å². The van der Waals surface area contributed by atoms with Gasteiger partial charge in [-0.15, -0.1) is 0 Å². The zero-order valence-electron chi connectivity index (χ0n) is 16.0. The second-order valence-electron chi connectivity index (χ2n) is 7.34. The smallest absolute Gasteiger partial charge is 0.251 e. The van der Waals surface area contributed by atoms with E-state index in [1.54, 1.807) is 0 Å². The Morgan fingerprint density at radius 3 is 2.77 bits per heavy atom. The molecule has 2 aromatic rings. The lowest BCUT2D eigenvalue weighted by atomic mass is 9.94. The van der Waals surface area contributed by atoms with Gasteiger partial charge in [0.15, 0.2) is 0 Å². The Hall–Kier alpha value is -2.33. The van der Waals surface area contributed by atoms with Crippen molar-refractivity contribution in [3.63, 3.8) is 0 Å². The summed E-state index contributed by atoms with van der Waals surface area (Å²) in [5, 5.41) is 3.06. The monoisotopic (exact) mass is 351 g/mol. The van der Waals surface area contributed by atoms with Crippen LogP contribution in [0.4, 0.5) is 5.69 Å². The molecular formula is C22H29N3O. The highest BCUT2D eigenvalue weighted by molar-refractivity contribution is 5.95. The number of carbonyl (C=O) groups is 1. The van der Waals surface area contributed by atoms with Crippen LogP contribution in [-0.4, -0.2) is 51.1 Å². The normalized spacial score (nSPS) is 17.3. The van der Waals surface area contributed by atoms with E-state index in [-0.39, 0.29) is 5.91 Å². The molecule has 3 rings (SSSR count). The molecule has 0 radical (unpaired) electrons. The second kappa shape index (κ2) is 8.37. The van der Waals surface area contributed by atoms with E-state index in [9.17, 15) is 4.79 Å². The molecule has 138 valence electrons. The quantitative estimate of drug-likeness (QED) is 0.867. The van der Waals surface area contributed by atoms with Crippen molar-refractivity contribution in [1.29, 1.82) is 0 Å². The summed E-state index contributed by atoms with van der Waals surface area (Å²) in [5.74, 6) is 0.618. The van der Waals surface area contributed by atoms with Crippen LogP contribution in [0.25, 0.3) is 0 Å². The number of likely N-dealkylation sites (tertiary alicyclic amines) is 1. The van der Waals surface area contributed by atoms with E-state index >= 15 is 0 Å². The van der Waals surface area contributed by atoms with E-state index in [2.05, 4.69) is 41.4 Å². The Labute approximate surface area is 156 Å². The maximum atomic E-state index is 12.4. The fourth-order valence-corrected chi connectivity index (χ4v) is 3.69. The van der Waals surface area contributed by atoms with Crippen LogP contribution in [0.5, 0.6) is 0 Å². The molecule has 1 amide bonds. The molecule has 0 saturated carbocycles. The van der Waals surface area contributed by atoms with Gasteiger partial charge in [-0.1, -0.05) is 30.3 Å². The summed E-state index contributed by atoms with van der Waals surface area (Å²) in [6.45, 7) is 5.97. The zero-order valence-corrected chi connectivity index (χ0v) is 16.0. The van der Waals surface area contributed by atoms with Gasteiger partial charge in [0.2, 0.25) is 0 Å². The molecule has 1 aliphatic heterocycles. The van der Waals surface area contributed by atoms with Crippen LogP contribution in [0.3, 0.4) is 0 Å². The van der Waals surface area contributed by atoms with Gasteiger partial charge in [0.25, 0.3) is 5.91 Å². The van der Waals surface area contributed by atoms with Gasteiger partial charge in [0.05, 0.1) is 0 Å². The van der Waals surface area contributed by atoms with Gasteiger partial charge in [-0.05, 0) is 55.1 Å². The van der Waals surface area contributed by atoms with Crippen LogP contribution in [0.2, 0.25) is 0 Å². The first kappa shape index (κ1) is 18.5. The Morgan fingerprint density at radius 1 is 1.19 bits per heavy atom. The van der Waals surface area contributed by atoms with E-state index < -0.39 is 0 Å². The van der Waals surface area contributed by atoms with Crippen molar-refractivity contribution in [2.45, 2.75) is 19.3 Å². The van der Waals surface area contributed by atoms with Crippen molar-refractivity contribution < 1.29 is 4.79 Å². The van der Waals surface area contributed by atoms with Gasteiger partial charge in [0, 0.05) is 45.0 Å². The minimum Gasteiger partial charge on any atom is -0.378 e. The van der Waals surface area contributed by atoms with Gasteiger partial charge in [0.1, 0.15) is 0 Å². The Morgan fingerprint density at radius 2 is 2.00 bits per heavy atom. The molecule has 26 heavy (non-hydrogen) atoms. The number of nitrogens with one attached hydrogen (secondary N) is 1. The number of benzene rings is 2. The lowest BCUT2D eigenvalue weighted by molar-refractivity contribution is 0.0949. The molecule has 0 bridgehead atoms. The number of hydrogen-bond acceptors (Lipinski definition) is 3. The van der Waals surface area contributed by atoms with Crippen LogP contribution in [0, 0.1) is 6.92 Å². The van der Waals surface area contributed by atoms with Crippen LogP contribution in [0.1, 0.15) is 33.8 Å². The topological polar surface area (TPSA) is 35.6 Å². The van der Waals surface area contributed by atoms with Crippen LogP contribution in [0.15, 0.2) is 48.5 Å². The largest absolute Gasteiger partial charge is 0.378 e. The fourth-order valence-electron chi connectivity index (χ4n) is 3.69. The van der Waals surface area contributed by atoms with Gasteiger partial charge < -0.3 is 15.1 Å². The number of amides is 1. The minimum absolute atomic E-state index is 0.00310. The minimum atomic E-state index is 0.00310. The third-order valence-electron chi connectivity index (χ3n) is 5.24. The third kappa shape index (κ3) is 4.44. The number of carbonyl (C=O) groups excluding carboxylic acids is 1. The Bertz CT molecular complexity index is 757. The van der Waals surface area contributed by atoms with Gasteiger partial charge >= 0.3 is 0 Å². The maximum Gasteiger partial charge on any atom is 0.251 e. The van der Waals surface area contributed by atoms with Crippen LogP contribution in [-0.2, 0) is 0 Å². The summed E-state index contributed by atoms with van der Waals surface area (Å²) in [6, 6.07) is 16.4.